The summed E-state index contributed by atoms with van der Waals surface area (Å²) in [5.41, 5.74) is -1.23. The van der Waals surface area contributed by atoms with E-state index in [9.17, 15) is 32.4 Å². The molecule has 0 spiro atoms. The normalized spacial score (nSPS) is 21.0. The molecule has 270 valence electrons. The third-order valence-corrected chi connectivity index (χ3v) is 9.50. The lowest BCUT2D eigenvalue weighted by atomic mass is 10.1. The van der Waals surface area contributed by atoms with Crippen LogP contribution < -0.4 is 4.74 Å². The quantitative estimate of drug-likeness (QED) is 0.116. The van der Waals surface area contributed by atoms with E-state index in [1.165, 1.54) is 6.08 Å². The molecule has 2 aliphatic carbocycles. The Hall–Kier alpha value is -3.75. The standard InChI is InChI=1S/C22H19Cl2NO3.C15H12Cl2F4O2/c1-22(2)17(12-19(23)24)20(22)21(26)28-18(13-25)14-7-6-10-16(11-14)27-15-8-4-3-5-9-15;1-15(2)7(3-10(16)17)11(15)14(22)23-5-6-12(20)8(18)4-9(19)13(6)21/h3-12,17-18,20H,1-2H3;3-4,7,11H,5H2,1-2H3/t17-,18?,20-;7-,11+/m01/s1. The average Bonchev–Trinajstić information content (AvgIpc) is 3.82. The molecule has 0 bridgehead atoms. The predicted molar refractivity (Wildman–Crippen MR) is 185 cm³/mol. The second-order valence-electron chi connectivity index (χ2n) is 13.1. The molecule has 2 saturated carbocycles. The molecule has 3 aromatic carbocycles. The van der Waals surface area contributed by atoms with E-state index in [-0.39, 0.29) is 38.2 Å². The van der Waals surface area contributed by atoms with Crippen LogP contribution in [0.2, 0.25) is 0 Å². The number of rotatable bonds is 10. The first-order chi connectivity index (χ1) is 23.9. The van der Waals surface area contributed by atoms with Crippen LogP contribution in [-0.2, 0) is 25.7 Å². The molecule has 0 N–H and O–H groups in total. The van der Waals surface area contributed by atoms with Gasteiger partial charge in [-0.2, -0.15) is 5.26 Å². The summed E-state index contributed by atoms with van der Waals surface area (Å²) in [6, 6.07) is 18.4. The van der Waals surface area contributed by atoms with E-state index in [0.29, 0.717) is 17.1 Å². The first kappa shape index (κ1) is 40.0. The van der Waals surface area contributed by atoms with Crippen molar-refractivity contribution in [1.29, 1.82) is 5.26 Å². The zero-order valence-electron chi connectivity index (χ0n) is 27.5. The van der Waals surface area contributed by atoms with Gasteiger partial charge in [0.2, 0.25) is 6.10 Å². The molecule has 0 aliphatic heterocycles. The highest BCUT2D eigenvalue weighted by Crippen LogP contribution is 2.61. The van der Waals surface area contributed by atoms with Crippen molar-refractivity contribution in [3.05, 3.63) is 116 Å². The lowest BCUT2D eigenvalue weighted by Crippen LogP contribution is -2.14. The molecule has 0 aromatic heterocycles. The second-order valence-corrected chi connectivity index (χ2v) is 15.1. The number of nitrogens with zero attached hydrogens (tertiary/aromatic N) is 1. The lowest BCUT2D eigenvalue weighted by Gasteiger charge is -2.13. The van der Waals surface area contributed by atoms with Crippen LogP contribution in [-0.4, -0.2) is 11.9 Å². The lowest BCUT2D eigenvalue weighted by molar-refractivity contribution is -0.149. The molecule has 2 fully saturated rings. The molecule has 0 amide bonds. The molecule has 14 heteroatoms. The molecular formula is C37H31Cl4F4NO5. The fourth-order valence-corrected chi connectivity index (χ4v) is 6.40. The van der Waals surface area contributed by atoms with Crippen LogP contribution in [0.4, 0.5) is 17.6 Å². The Bertz CT molecular complexity index is 1860. The minimum Gasteiger partial charge on any atom is -0.460 e. The van der Waals surface area contributed by atoms with Crippen molar-refractivity contribution in [2.45, 2.75) is 40.4 Å². The van der Waals surface area contributed by atoms with Crippen LogP contribution in [0.15, 0.2) is 81.8 Å². The van der Waals surface area contributed by atoms with Crippen molar-refractivity contribution in [2.24, 2.45) is 34.5 Å². The molecule has 2 aliphatic rings. The molecule has 5 atom stereocenters. The summed E-state index contributed by atoms with van der Waals surface area (Å²) in [5, 5.41) is 9.53. The van der Waals surface area contributed by atoms with Gasteiger partial charge in [0.25, 0.3) is 0 Å². The van der Waals surface area contributed by atoms with Crippen molar-refractivity contribution in [3.63, 3.8) is 0 Å². The average molecular weight is 787 g/mol. The van der Waals surface area contributed by atoms with Crippen LogP contribution in [0, 0.1) is 69.1 Å². The highest BCUT2D eigenvalue weighted by molar-refractivity contribution is 6.56. The van der Waals surface area contributed by atoms with Gasteiger partial charge in [-0.05, 0) is 59.1 Å². The number of nitriles is 1. The van der Waals surface area contributed by atoms with Gasteiger partial charge in [0.15, 0.2) is 23.3 Å². The van der Waals surface area contributed by atoms with E-state index in [4.69, 9.17) is 60.6 Å². The second kappa shape index (κ2) is 16.3. The smallest absolute Gasteiger partial charge is 0.311 e. The summed E-state index contributed by atoms with van der Waals surface area (Å²) in [6.07, 6.45) is 2.09. The number of allylic oxidation sites excluding steroid dienone is 2. The van der Waals surface area contributed by atoms with Crippen LogP contribution in [0.1, 0.15) is 44.9 Å². The number of benzene rings is 3. The molecule has 3 aromatic rings. The SMILES string of the molecule is CC1(C)[C@H](C(=O)OC(C#N)c2cccc(Oc3ccccc3)c2)[C@@H]1C=C(Cl)Cl.CC1(C)[C@H](C=C(Cl)Cl)[C@H]1C(=O)OCc1c(F)c(F)cc(F)c1F. The van der Waals surface area contributed by atoms with Gasteiger partial charge < -0.3 is 14.2 Å². The number of halogens is 8. The zero-order chi connectivity index (χ0) is 37.8. The Labute approximate surface area is 312 Å². The Balaban J connectivity index is 0.000000233. The zero-order valence-corrected chi connectivity index (χ0v) is 30.6. The molecule has 0 saturated heterocycles. The van der Waals surface area contributed by atoms with E-state index in [1.807, 2.05) is 50.2 Å². The maximum absolute atomic E-state index is 13.5. The van der Waals surface area contributed by atoms with Crippen molar-refractivity contribution >= 4 is 58.3 Å². The molecule has 6 nitrogen and oxygen atoms in total. The maximum atomic E-state index is 13.5. The number of esters is 2. The van der Waals surface area contributed by atoms with Crippen LogP contribution in [0.5, 0.6) is 11.5 Å². The summed E-state index contributed by atoms with van der Waals surface area (Å²) < 4.78 is 69.3. The Morgan fingerprint density at radius 1 is 0.784 bits per heavy atom. The first-order valence-electron chi connectivity index (χ1n) is 15.4. The molecule has 51 heavy (non-hydrogen) atoms. The number of carbonyl (C=O) groups is 2. The minimum atomic E-state index is -1.59. The van der Waals surface area contributed by atoms with Gasteiger partial charge in [-0.1, -0.05) is 104 Å². The van der Waals surface area contributed by atoms with Gasteiger partial charge in [-0.3, -0.25) is 9.59 Å². The van der Waals surface area contributed by atoms with E-state index in [1.54, 1.807) is 44.2 Å². The predicted octanol–water partition coefficient (Wildman–Crippen LogP) is 11.1. The van der Waals surface area contributed by atoms with Crippen molar-refractivity contribution < 1.29 is 41.4 Å². The van der Waals surface area contributed by atoms with Gasteiger partial charge in [0.1, 0.15) is 33.2 Å². The van der Waals surface area contributed by atoms with Crippen LogP contribution in [0.3, 0.4) is 0 Å². The monoisotopic (exact) mass is 785 g/mol. The maximum Gasteiger partial charge on any atom is 0.311 e. The van der Waals surface area contributed by atoms with Crippen molar-refractivity contribution in [1.82, 2.24) is 0 Å². The van der Waals surface area contributed by atoms with Gasteiger partial charge in [0.05, 0.1) is 17.4 Å². The van der Waals surface area contributed by atoms with Crippen molar-refractivity contribution in [2.75, 3.05) is 0 Å². The molecule has 0 heterocycles. The van der Waals surface area contributed by atoms with E-state index in [2.05, 4.69) is 0 Å². The fraction of sp³-hybridized carbons (Fsp3) is 0.324. The first-order valence-corrected chi connectivity index (χ1v) is 16.9. The summed E-state index contributed by atoms with van der Waals surface area (Å²) in [7, 11) is 0. The number of hydrogen-bond acceptors (Lipinski definition) is 6. The third kappa shape index (κ3) is 9.58. The minimum absolute atomic E-state index is 0.0114. The number of ether oxygens (including phenoxy) is 3. The summed E-state index contributed by atoms with van der Waals surface area (Å²) in [4.78, 5) is 24.6. The third-order valence-electron chi connectivity index (χ3n) is 8.99. The molecule has 0 radical (unpaired) electrons. The van der Waals surface area contributed by atoms with E-state index < -0.39 is 64.8 Å². The van der Waals surface area contributed by atoms with Gasteiger partial charge >= 0.3 is 11.9 Å². The largest absolute Gasteiger partial charge is 0.460 e. The van der Waals surface area contributed by atoms with Gasteiger partial charge in [-0.15, -0.1) is 0 Å². The van der Waals surface area contributed by atoms with E-state index in [0.717, 1.165) is 0 Å². The fourth-order valence-electron chi connectivity index (χ4n) is 5.86. The van der Waals surface area contributed by atoms with Crippen molar-refractivity contribution in [3.8, 4) is 17.6 Å². The van der Waals surface area contributed by atoms with Gasteiger partial charge in [0, 0.05) is 11.6 Å². The number of carbonyl (C=O) groups excluding carboxylic acids is 2. The van der Waals surface area contributed by atoms with Gasteiger partial charge in [-0.25, -0.2) is 17.6 Å². The number of para-hydroxylation sites is 1. The summed E-state index contributed by atoms with van der Waals surface area (Å²) >= 11 is 22.6. The highest BCUT2D eigenvalue weighted by Gasteiger charge is 2.62. The molecular weight excluding hydrogens is 756 g/mol. The van der Waals surface area contributed by atoms with Crippen LogP contribution >= 0.6 is 46.4 Å². The topological polar surface area (TPSA) is 85.6 Å². The number of hydrogen-bond donors (Lipinski definition) is 0. The molecule has 1 unspecified atom stereocenters. The van der Waals surface area contributed by atoms with E-state index >= 15 is 0 Å². The Morgan fingerprint density at radius 2 is 1.29 bits per heavy atom. The summed E-state index contributed by atoms with van der Waals surface area (Å²) in [5.74, 6) is -7.67. The Kier molecular flexibility index (Phi) is 12.8. The van der Waals surface area contributed by atoms with Crippen LogP contribution in [0.25, 0.3) is 0 Å². The Morgan fingerprint density at radius 3 is 1.80 bits per heavy atom. The summed E-state index contributed by atoms with van der Waals surface area (Å²) in [6.45, 7) is 6.49. The highest BCUT2D eigenvalue weighted by atomic mass is 35.5. The molecule has 5 rings (SSSR count).